The fourth-order valence-electron chi connectivity index (χ4n) is 2.46. The van der Waals surface area contributed by atoms with Gasteiger partial charge in [-0.3, -0.25) is 9.59 Å². The number of ether oxygens (including phenoxy) is 1. The highest BCUT2D eigenvalue weighted by Gasteiger charge is 2.08. The minimum atomic E-state index is -0.350. The Hall–Kier alpha value is -2.39. The molecule has 0 unspecified atom stereocenters. The number of nitrogens with zero attached hydrogens (tertiary/aromatic N) is 1. The Labute approximate surface area is 211 Å². The number of hydrogen-bond donors (Lipinski definition) is 2. The molecule has 0 heterocycles. The number of benzene rings is 3. The van der Waals surface area contributed by atoms with Crippen molar-refractivity contribution in [3.05, 3.63) is 90.8 Å². The maximum absolute atomic E-state index is 12.1. The molecule has 3 rings (SSSR count). The molecule has 0 radical (unpaired) electrons. The van der Waals surface area contributed by atoms with Crippen LogP contribution in [0, 0.1) is 0 Å². The molecule has 0 spiro atoms. The summed E-state index contributed by atoms with van der Waals surface area (Å²) in [5, 5.41) is 7.39. The molecule has 2 N–H and O–H groups in total. The summed E-state index contributed by atoms with van der Waals surface area (Å²) in [6, 6.07) is 16.9. The second-order valence-electron chi connectivity index (χ2n) is 6.36. The van der Waals surface area contributed by atoms with Crippen LogP contribution < -0.4 is 15.5 Å². The molecule has 0 aromatic heterocycles. The highest BCUT2D eigenvalue weighted by molar-refractivity contribution is 9.10. The molecular weight excluding hydrogens is 585 g/mol. The second kappa shape index (κ2) is 11.5. The largest absolute Gasteiger partial charge is 0.483 e. The van der Waals surface area contributed by atoms with Gasteiger partial charge in [0, 0.05) is 15.7 Å². The summed E-state index contributed by atoms with van der Waals surface area (Å²) in [5.74, 6) is -0.192. The Kier molecular flexibility index (Phi) is 8.69. The Morgan fingerprint density at radius 1 is 0.969 bits per heavy atom. The van der Waals surface area contributed by atoms with Gasteiger partial charge in [-0.15, -0.1) is 0 Å². The van der Waals surface area contributed by atoms with E-state index in [4.69, 9.17) is 27.9 Å². The van der Waals surface area contributed by atoms with Gasteiger partial charge in [-0.25, -0.2) is 5.43 Å². The Balaban J connectivity index is 1.52. The smallest absolute Gasteiger partial charge is 0.271 e. The number of carbonyl (C=O) groups is 2. The van der Waals surface area contributed by atoms with Gasteiger partial charge < -0.3 is 10.1 Å². The van der Waals surface area contributed by atoms with Gasteiger partial charge in [0.1, 0.15) is 5.75 Å². The molecule has 3 aromatic rings. The Morgan fingerprint density at radius 3 is 2.41 bits per heavy atom. The summed E-state index contributed by atoms with van der Waals surface area (Å²) in [6.45, 7) is -0.199. The fraction of sp³-hybridized carbons (Fsp3) is 0.0455. The van der Waals surface area contributed by atoms with Crippen molar-refractivity contribution in [2.75, 3.05) is 11.9 Å². The molecule has 0 saturated heterocycles. The summed E-state index contributed by atoms with van der Waals surface area (Å²) in [6.07, 6.45) is 1.50. The Bertz CT molecular complexity index is 1170. The van der Waals surface area contributed by atoms with Crippen molar-refractivity contribution in [2.24, 2.45) is 5.10 Å². The first-order valence-corrected chi connectivity index (χ1v) is 11.4. The number of hydrazone groups is 1. The summed E-state index contributed by atoms with van der Waals surface area (Å²) in [4.78, 5) is 24.2. The lowest BCUT2D eigenvalue weighted by Gasteiger charge is -2.10. The zero-order valence-corrected chi connectivity index (χ0v) is 20.9. The standard InChI is InChI=1S/C22H15Br2Cl2N3O3/c23-15-4-2-14(3-5-15)22(31)29-27-11-13-1-8-20(17(24)9-13)32-12-21(30)28-16-6-7-18(25)19(26)10-16/h1-11H,12H2,(H,28,30)(H,29,31)/b27-11+. The van der Waals surface area contributed by atoms with Crippen molar-refractivity contribution in [1.82, 2.24) is 5.43 Å². The molecule has 0 aliphatic carbocycles. The number of amides is 2. The first kappa shape index (κ1) is 24.3. The number of hydrogen-bond acceptors (Lipinski definition) is 4. The third-order valence-electron chi connectivity index (χ3n) is 4.00. The number of halogens is 4. The van der Waals surface area contributed by atoms with E-state index in [0.29, 0.717) is 31.5 Å². The van der Waals surface area contributed by atoms with Crippen molar-refractivity contribution in [3.63, 3.8) is 0 Å². The van der Waals surface area contributed by atoms with Crippen molar-refractivity contribution in [1.29, 1.82) is 0 Å². The number of anilines is 1. The van der Waals surface area contributed by atoms with Gasteiger partial charge in [0.05, 0.1) is 20.7 Å². The molecule has 164 valence electrons. The van der Waals surface area contributed by atoms with E-state index in [1.54, 1.807) is 60.7 Å². The van der Waals surface area contributed by atoms with Crippen LogP contribution in [0.5, 0.6) is 5.75 Å². The molecule has 10 heteroatoms. The monoisotopic (exact) mass is 597 g/mol. The van der Waals surface area contributed by atoms with Gasteiger partial charge in [0.25, 0.3) is 11.8 Å². The van der Waals surface area contributed by atoms with Crippen molar-refractivity contribution >= 4 is 78.8 Å². The predicted molar refractivity (Wildman–Crippen MR) is 134 cm³/mol. The highest BCUT2D eigenvalue weighted by Crippen LogP contribution is 2.26. The lowest BCUT2D eigenvalue weighted by Crippen LogP contribution is -2.20. The van der Waals surface area contributed by atoms with Gasteiger partial charge in [-0.1, -0.05) is 39.1 Å². The first-order valence-electron chi connectivity index (χ1n) is 9.08. The number of carbonyl (C=O) groups excluding carboxylic acids is 2. The van der Waals surface area contributed by atoms with E-state index >= 15 is 0 Å². The van der Waals surface area contributed by atoms with Crippen LogP contribution >= 0.6 is 55.1 Å². The summed E-state index contributed by atoms with van der Waals surface area (Å²) < 4.78 is 7.07. The molecule has 3 aromatic carbocycles. The maximum Gasteiger partial charge on any atom is 0.271 e. The van der Waals surface area contributed by atoms with E-state index in [1.165, 1.54) is 6.21 Å². The number of rotatable bonds is 7. The second-order valence-corrected chi connectivity index (χ2v) is 8.95. The van der Waals surface area contributed by atoms with Crippen LogP contribution in [-0.4, -0.2) is 24.6 Å². The average Bonchev–Trinajstić information content (AvgIpc) is 2.76. The molecule has 32 heavy (non-hydrogen) atoms. The fourth-order valence-corrected chi connectivity index (χ4v) is 3.53. The van der Waals surface area contributed by atoms with E-state index in [1.807, 2.05) is 0 Å². The van der Waals surface area contributed by atoms with Gasteiger partial charge in [0.15, 0.2) is 6.61 Å². The normalized spacial score (nSPS) is 10.8. The lowest BCUT2D eigenvalue weighted by atomic mass is 10.2. The van der Waals surface area contributed by atoms with E-state index in [-0.39, 0.29) is 18.4 Å². The van der Waals surface area contributed by atoms with Crippen LogP contribution in [0.1, 0.15) is 15.9 Å². The van der Waals surface area contributed by atoms with Crippen LogP contribution in [-0.2, 0) is 4.79 Å². The topological polar surface area (TPSA) is 79.8 Å². The molecule has 0 aliphatic rings. The molecule has 2 amide bonds. The van der Waals surface area contributed by atoms with Crippen molar-refractivity contribution in [2.45, 2.75) is 0 Å². The van der Waals surface area contributed by atoms with Gasteiger partial charge >= 0.3 is 0 Å². The third-order valence-corrected chi connectivity index (χ3v) is 5.89. The van der Waals surface area contributed by atoms with E-state index in [0.717, 1.165) is 10.0 Å². The minimum Gasteiger partial charge on any atom is -0.483 e. The van der Waals surface area contributed by atoms with Crippen LogP contribution in [0.15, 0.2) is 74.7 Å². The van der Waals surface area contributed by atoms with E-state index in [9.17, 15) is 9.59 Å². The van der Waals surface area contributed by atoms with Crippen LogP contribution in [0.3, 0.4) is 0 Å². The minimum absolute atomic E-state index is 0.199. The summed E-state index contributed by atoms with van der Waals surface area (Å²) in [7, 11) is 0. The third kappa shape index (κ3) is 7.06. The SMILES string of the molecule is O=C(COc1ccc(/C=N/NC(=O)c2ccc(Br)cc2)cc1Br)Nc1ccc(Cl)c(Cl)c1. The van der Waals surface area contributed by atoms with Gasteiger partial charge in [-0.05, 0) is 82.2 Å². The van der Waals surface area contributed by atoms with Crippen molar-refractivity contribution in [3.8, 4) is 5.75 Å². The first-order chi connectivity index (χ1) is 15.3. The lowest BCUT2D eigenvalue weighted by molar-refractivity contribution is -0.118. The molecule has 0 saturated carbocycles. The average molecular weight is 600 g/mol. The van der Waals surface area contributed by atoms with E-state index in [2.05, 4.69) is 47.7 Å². The highest BCUT2D eigenvalue weighted by atomic mass is 79.9. The van der Waals surface area contributed by atoms with Crippen LogP contribution in [0.4, 0.5) is 5.69 Å². The Morgan fingerprint density at radius 2 is 1.72 bits per heavy atom. The summed E-state index contributed by atoms with van der Waals surface area (Å²) in [5.41, 5.74) is 4.20. The molecule has 6 nitrogen and oxygen atoms in total. The zero-order chi connectivity index (χ0) is 23.1. The molecular formula is C22H15Br2Cl2N3O3. The van der Waals surface area contributed by atoms with Gasteiger partial charge in [0.2, 0.25) is 0 Å². The molecule has 0 aliphatic heterocycles. The molecule has 0 bridgehead atoms. The number of nitrogens with one attached hydrogen (secondary N) is 2. The van der Waals surface area contributed by atoms with E-state index < -0.39 is 0 Å². The van der Waals surface area contributed by atoms with Crippen LogP contribution in [0.25, 0.3) is 0 Å². The molecule has 0 fully saturated rings. The maximum atomic E-state index is 12.1. The quantitative estimate of drug-likeness (QED) is 0.247. The van der Waals surface area contributed by atoms with Crippen molar-refractivity contribution < 1.29 is 14.3 Å². The van der Waals surface area contributed by atoms with Gasteiger partial charge in [-0.2, -0.15) is 5.10 Å². The summed E-state index contributed by atoms with van der Waals surface area (Å²) >= 11 is 18.5. The predicted octanol–water partition coefficient (Wildman–Crippen LogP) is 6.30. The molecule has 0 atom stereocenters. The van der Waals surface area contributed by atoms with Crippen LogP contribution in [0.2, 0.25) is 10.0 Å². The zero-order valence-electron chi connectivity index (χ0n) is 16.2.